The van der Waals surface area contributed by atoms with E-state index in [1.807, 2.05) is 0 Å². The molecule has 0 spiro atoms. The second-order valence-corrected chi connectivity index (χ2v) is 8.70. The van der Waals surface area contributed by atoms with Crippen LogP contribution in [0.3, 0.4) is 0 Å². The van der Waals surface area contributed by atoms with Gasteiger partial charge in [-0.05, 0) is 37.5 Å². The van der Waals surface area contributed by atoms with Gasteiger partial charge in [-0.25, -0.2) is 12.7 Å². The van der Waals surface area contributed by atoms with Gasteiger partial charge >= 0.3 is 0 Å². The van der Waals surface area contributed by atoms with E-state index in [0.717, 1.165) is 38.1 Å². The predicted octanol–water partition coefficient (Wildman–Crippen LogP) is 1.39. The number of hydrogen-bond acceptors (Lipinski definition) is 6. The molecule has 0 bridgehead atoms. The van der Waals surface area contributed by atoms with Crippen molar-refractivity contribution in [1.29, 1.82) is 0 Å². The first-order valence-electron chi connectivity index (χ1n) is 8.37. The largest absolute Gasteiger partial charge is 0.381 e. The van der Waals surface area contributed by atoms with Crippen molar-refractivity contribution in [1.82, 2.24) is 14.4 Å². The number of aryl methyl sites for hydroxylation is 1. The average Bonchev–Trinajstić information content (AvgIpc) is 3.18. The Morgan fingerprint density at radius 2 is 2.00 bits per heavy atom. The average molecular weight is 343 g/mol. The normalized spacial score (nSPS) is 24.3. The maximum Gasteiger partial charge on any atom is 0.223 e. The van der Waals surface area contributed by atoms with E-state index in [2.05, 4.69) is 10.1 Å². The Hall–Kier alpha value is -0.990. The molecule has 7 nitrogen and oxygen atoms in total. The van der Waals surface area contributed by atoms with Crippen LogP contribution in [0, 0.1) is 18.8 Å². The molecule has 0 aliphatic carbocycles. The molecule has 2 aliphatic rings. The fourth-order valence-electron chi connectivity index (χ4n) is 3.33. The topological polar surface area (TPSA) is 85.5 Å². The summed E-state index contributed by atoms with van der Waals surface area (Å²) >= 11 is 0. The third-order valence-corrected chi connectivity index (χ3v) is 6.72. The van der Waals surface area contributed by atoms with E-state index in [1.54, 1.807) is 11.2 Å². The molecule has 0 N–H and O–H groups in total. The van der Waals surface area contributed by atoms with Gasteiger partial charge in [0.05, 0.1) is 5.75 Å². The van der Waals surface area contributed by atoms with Crippen LogP contribution in [0.25, 0.3) is 0 Å². The molecule has 3 rings (SSSR count). The molecule has 130 valence electrons. The summed E-state index contributed by atoms with van der Waals surface area (Å²) in [6.07, 6.45) is 4.19. The summed E-state index contributed by atoms with van der Waals surface area (Å²) in [5.41, 5.74) is 0. The Morgan fingerprint density at radius 3 is 2.61 bits per heavy atom. The predicted molar refractivity (Wildman–Crippen MR) is 84.4 cm³/mol. The van der Waals surface area contributed by atoms with Gasteiger partial charge in [0.2, 0.25) is 15.9 Å². The van der Waals surface area contributed by atoms with Gasteiger partial charge in [0.15, 0.2) is 5.82 Å². The summed E-state index contributed by atoms with van der Waals surface area (Å²) in [4.78, 5) is 4.22. The van der Waals surface area contributed by atoms with Crippen molar-refractivity contribution in [3.05, 3.63) is 11.7 Å². The number of ether oxygens (including phenoxy) is 1. The van der Waals surface area contributed by atoms with Crippen molar-refractivity contribution in [2.75, 3.05) is 32.1 Å². The van der Waals surface area contributed by atoms with Crippen LogP contribution in [0.15, 0.2) is 4.52 Å². The molecule has 1 atom stereocenters. The van der Waals surface area contributed by atoms with Crippen molar-refractivity contribution < 1.29 is 17.7 Å². The van der Waals surface area contributed by atoms with Crippen LogP contribution in [-0.2, 0) is 21.2 Å². The number of hydrogen-bond donors (Lipinski definition) is 0. The Morgan fingerprint density at radius 1 is 1.22 bits per heavy atom. The van der Waals surface area contributed by atoms with Crippen molar-refractivity contribution in [3.63, 3.8) is 0 Å². The highest BCUT2D eigenvalue weighted by Crippen LogP contribution is 2.24. The van der Waals surface area contributed by atoms with Gasteiger partial charge in [-0.2, -0.15) is 4.98 Å². The Kier molecular flexibility index (Phi) is 5.33. The summed E-state index contributed by atoms with van der Waals surface area (Å²) in [5, 5.41) is 3.92. The Labute approximate surface area is 137 Å². The summed E-state index contributed by atoms with van der Waals surface area (Å²) in [6, 6.07) is 0. The standard InChI is InChI=1S/C15H25N3O4S/c1-12-16-15(17-22-12)10-13-2-6-18(7-3-13)23(19,20)9-5-14-4-8-21-11-14/h13-14H,2-11H2,1H3. The maximum absolute atomic E-state index is 12.5. The molecule has 1 aromatic rings. The highest BCUT2D eigenvalue weighted by Gasteiger charge is 2.29. The molecular weight excluding hydrogens is 318 g/mol. The van der Waals surface area contributed by atoms with Crippen LogP contribution in [0.2, 0.25) is 0 Å². The van der Waals surface area contributed by atoms with E-state index in [-0.39, 0.29) is 5.75 Å². The molecule has 2 fully saturated rings. The highest BCUT2D eigenvalue weighted by molar-refractivity contribution is 7.89. The maximum atomic E-state index is 12.5. The molecule has 8 heteroatoms. The SMILES string of the molecule is Cc1nc(CC2CCN(S(=O)(=O)CCC3CCOC3)CC2)no1. The molecule has 0 aromatic carbocycles. The molecule has 2 aliphatic heterocycles. The molecular formula is C15H25N3O4S. The van der Waals surface area contributed by atoms with Gasteiger partial charge in [-0.1, -0.05) is 5.16 Å². The smallest absolute Gasteiger partial charge is 0.223 e. The summed E-state index contributed by atoms with van der Waals surface area (Å²) in [7, 11) is -3.13. The zero-order valence-electron chi connectivity index (χ0n) is 13.6. The van der Waals surface area contributed by atoms with Crippen LogP contribution in [0.1, 0.15) is 37.4 Å². The van der Waals surface area contributed by atoms with E-state index < -0.39 is 10.0 Å². The quantitative estimate of drug-likeness (QED) is 0.776. The fraction of sp³-hybridized carbons (Fsp3) is 0.867. The zero-order chi connectivity index (χ0) is 16.3. The molecule has 23 heavy (non-hydrogen) atoms. The van der Waals surface area contributed by atoms with E-state index in [9.17, 15) is 8.42 Å². The number of piperidine rings is 1. The van der Waals surface area contributed by atoms with Gasteiger partial charge in [0.1, 0.15) is 0 Å². The Bertz CT molecular complexity index is 602. The van der Waals surface area contributed by atoms with Gasteiger partial charge in [0.25, 0.3) is 0 Å². The van der Waals surface area contributed by atoms with Crippen molar-refractivity contribution in [2.45, 2.75) is 39.0 Å². The molecule has 1 unspecified atom stereocenters. The van der Waals surface area contributed by atoms with Crippen LogP contribution < -0.4 is 0 Å². The number of aromatic nitrogens is 2. The first-order chi connectivity index (χ1) is 11.0. The van der Waals surface area contributed by atoms with Gasteiger partial charge in [0, 0.05) is 39.6 Å². The Balaban J connectivity index is 1.45. The lowest BCUT2D eigenvalue weighted by atomic mass is 9.94. The summed E-state index contributed by atoms with van der Waals surface area (Å²) in [6.45, 7) is 4.46. The second-order valence-electron chi connectivity index (χ2n) is 6.61. The highest BCUT2D eigenvalue weighted by atomic mass is 32.2. The zero-order valence-corrected chi connectivity index (χ0v) is 14.4. The summed E-state index contributed by atoms with van der Waals surface area (Å²) < 4.78 is 36.9. The van der Waals surface area contributed by atoms with Crippen molar-refractivity contribution in [2.24, 2.45) is 11.8 Å². The lowest BCUT2D eigenvalue weighted by Crippen LogP contribution is -2.40. The minimum atomic E-state index is -3.13. The minimum absolute atomic E-state index is 0.246. The lowest BCUT2D eigenvalue weighted by molar-refractivity contribution is 0.185. The first-order valence-corrected chi connectivity index (χ1v) is 9.98. The molecule has 0 amide bonds. The lowest BCUT2D eigenvalue weighted by Gasteiger charge is -2.31. The molecule has 1 aromatic heterocycles. The van der Waals surface area contributed by atoms with E-state index in [0.29, 0.717) is 43.8 Å². The van der Waals surface area contributed by atoms with Gasteiger partial charge in [-0.3, -0.25) is 0 Å². The van der Waals surface area contributed by atoms with E-state index in [1.165, 1.54) is 0 Å². The first kappa shape index (κ1) is 16.9. The van der Waals surface area contributed by atoms with Crippen LogP contribution in [-0.4, -0.2) is 54.9 Å². The van der Waals surface area contributed by atoms with Gasteiger partial charge < -0.3 is 9.26 Å². The van der Waals surface area contributed by atoms with Crippen molar-refractivity contribution >= 4 is 10.0 Å². The third kappa shape index (κ3) is 4.51. The van der Waals surface area contributed by atoms with E-state index in [4.69, 9.17) is 9.26 Å². The monoisotopic (exact) mass is 343 g/mol. The third-order valence-electron chi connectivity index (χ3n) is 4.82. The van der Waals surface area contributed by atoms with Gasteiger partial charge in [-0.15, -0.1) is 0 Å². The van der Waals surface area contributed by atoms with E-state index >= 15 is 0 Å². The van der Waals surface area contributed by atoms with Crippen LogP contribution >= 0.6 is 0 Å². The fourth-order valence-corrected chi connectivity index (χ4v) is 4.99. The van der Waals surface area contributed by atoms with Crippen LogP contribution in [0.4, 0.5) is 0 Å². The number of rotatable bonds is 6. The number of sulfonamides is 1. The second kappa shape index (κ2) is 7.27. The summed E-state index contributed by atoms with van der Waals surface area (Å²) in [5.74, 6) is 2.39. The van der Waals surface area contributed by atoms with Crippen molar-refractivity contribution in [3.8, 4) is 0 Å². The van der Waals surface area contributed by atoms with Crippen LogP contribution in [0.5, 0.6) is 0 Å². The minimum Gasteiger partial charge on any atom is -0.381 e. The molecule has 0 radical (unpaired) electrons. The molecule has 0 saturated carbocycles. The molecule has 3 heterocycles. The number of nitrogens with zero attached hydrogens (tertiary/aromatic N) is 3. The molecule has 2 saturated heterocycles.